The zero-order chi connectivity index (χ0) is 19.1. The predicted octanol–water partition coefficient (Wildman–Crippen LogP) is 3.98. The molecule has 7 nitrogen and oxygen atoms in total. The molecule has 0 spiro atoms. The average molecular weight is 406 g/mol. The van der Waals surface area contributed by atoms with Gasteiger partial charge in [-0.15, -0.1) is 0 Å². The molecule has 0 atom stereocenters. The number of thioether (sulfide) groups is 2. The van der Waals surface area contributed by atoms with Crippen molar-refractivity contribution >= 4 is 51.9 Å². The Labute approximate surface area is 169 Å². The molecule has 3 aromatic rings. The number of nitrogens with zero attached hydrogens (tertiary/aromatic N) is 5. The van der Waals surface area contributed by atoms with Crippen molar-refractivity contribution in [2.24, 2.45) is 4.99 Å². The van der Waals surface area contributed by atoms with Crippen LogP contribution in [0.25, 0.3) is 0 Å². The summed E-state index contributed by atoms with van der Waals surface area (Å²) in [7, 11) is 1.98. The van der Waals surface area contributed by atoms with Crippen LogP contribution in [0, 0.1) is 0 Å². The summed E-state index contributed by atoms with van der Waals surface area (Å²) in [6.07, 6.45) is 1.39. The Morgan fingerprint density at radius 3 is 2.57 bits per heavy atom. The number of amides is 1. The lowest BCUT2D eigenvalue weighted by Crippen LogP contribution is -2.29. The van der Waals surface area contributed by atoms with Gasteiger partial charge in [-0.3, -0.25) is 9.69 Å². The van der Waals surface area contributed by atoms with E-state index in [1.807, 2.05) is 49.5 Å². The minimum absolute atomic E-state index is 0.100. The van der Waals surface area contributed by atoms with E-state index >= 15 is 0 Å². The molecule has 0 bridgehead atoms. The molecule has 0 radical (unpaired) electrons. The molecule has 3 heterocycles. The molecule has 28 heavy (non-hydrogen) atoms. The number of hydrogen-bond donors (Lipinski definition) is 1. The summed E-state index contributed by atoms with van der Waals surface area (Å²) in [5.74, 6) is 0.259. The van der Waals surface area contributed by atoms with Crippen molar-refractivity contribution < 1.29 is 4.79 Å². The Morgan fingerprint density at radius 1 is 1.04 bits per heavy atom. The van der Waals surface area contributed by atoms with Crippen molar-refractivity contribution in [2.75, 3.05) is 16.8 Å². The summed E-state index contributed by atoms with van der Waals surface area (Å²) in [6.45, 7) is 0. The molecule has 0 unspecified atom stereocenters. The molecule has 1 N–H and O–H groups in total. The molecule has 9 heteroatoms. The zero-order valence-electron chi connectivity index (χ0n) is 14.7. The van der Waals surface area contributed by atoms with E-state index in [0.29, 0.717) is 16.0 Å². The van der Waals surface area contributed by atoms with Crippen LogP contribution in [0.1, 0.15) is 0 Å². The molecular formula is C19H14N6OS2. The number of hydrogen-bond acceptors (Lipinski definition) is 7. The number of aliphatic imine (C=N–C) groups is 1. The molecule has 1 saturated heterocycles. The number of nitrogens with one attached hydrogen (secondary N) is 1. The highest BCUT2D eigenvalue weighted by Gasteiger charge is 2.40. The molecule has 1 fully saturated rings. The standard InChI is InChI=1S/C19H14N6OS2/c1-24-13-9-5-6-10-14(13)27-17(24)15-16(26)25(12-7-3-2-4-8-12)19(28-15)22-18-20-11-21-23-18/h2-11H,1H3,(H,20,21,23). The highest BCUT2D eigenvalue weighted by atomic mass is 32.2. The largest absolute Gasteiger partial charge is 0.337 e. The van der Waals surface area contributed by atoms with E-state index in [1.54, 1.807) is 16.7 Å². The Hall–Kier alpha value is -3.04. The molecule has 0 aliphatic carbocycles. The predicted molar refractivity (Wildman–Crippen MR) is 113 cm³/mol. The van der Waals surface area contributed by atoms with E-state index in [0.717, 1.165) is 21.3 Å². The number of H-pyrrole nitrogens is 1. The lowest BCUT2D eigenvalue weighted by Gasteiger charge is -2.16. The molecule has 0 saturated carbocycles. The van der Waals surface area contributed by atoms with Crippen molar-refractivity contribution in [3.05, 3.63) is 70.9 Å². The quantitative estimate of drug-likeness (QED) is 0.649. The van der Waals surface area contributed by atoms with Crippen LogP contribution >= 0.6 is 23.5 Å². The Bertz CT molecular complexity index is 1110. The molecule has 2 aliphatic heterocycles. The SMILES string of the molecule is CN1C(=C2SC(=Nc3ncn[nH]3)N(c3ccccc3)C2=O)Sc2ccccc21. The van der Waals surface area contributed by atoms with Crippen molar-refractivity contribution in [3.8, 4) is 0 Å². The Balaban J connectivity index is 1.61. The van der Waals surface area contributed by atoms with E-state index < -0.39 is 0 Å². The van der Waals surface area contributed by atoms with Crippen molar-refractivity contribution in [1.82, 2.24) is 15.2 Å². The maximum atomic E-state index is 13.4. The van der Waals surface area contributed by atoms with Gasteiger partial charge in [0.15, 0.2) is 5.17 Å². The summed E-state index contributed by atoms with van der Waals surface area (Å²) < 4.78 is 0. The number of carbonyl (C=O) groups is 1. The molecule has 2 aromatic carbocycles. The van der Waals surface area contributed by atoms with Gasteiger partial charge in [-0.05, 0) is 36.0 Å². The third-order valence-corrected chi connectivity index (χ3v) is 6.73. The number of para-hydroxylation sites is 2. The second-order valence-electron chi connectivity index (χ2n) is 6.04. The summed E-state index contributed by atoms with van der Waals surface area (Å²) >= 11 is 2.95. The van der Waals surface area contributed by atoms with Gasteiger partial charge >= 0.3 is 0 Å². The third kappa shape index (κ3) is 2.79. The van der Waals surface area contributed by atoms with Crippen molar-refractivity contribution in [1.29, 1.82) is 0 Å². The van der Waals surface area contributed by atoms with Crippen molar-refractivity contribution in [2.45, 2.75) is 4.90 Å². The fraction of sp³-hybridized carbons (Fsp3) is 0.0526. The van der Waals surface area contributed by atoms with Crippen LogP contribution in [-0.4, -0.2) is 33.3 Å². The Kier molecular flexibility index (Phi) is 4.18. The summed E-state index contributed by atoms with van der Waals surface area (Å²) in [5, 5.41) is 8.01. The minimum Gasteiger partial charge on any atom is -0.337 e. The second kappa shape index (κ2) is 6.84. The molecule has 138 valence electrons. The number of amidine groups is 1. The lowest BCUT2D eigenvalue weighted by molar-refractivity contribution is -0.113. The van der Waals surface area contributed by atoms with Gasteiger partial charge in [0, 0.05) is 11.9 Å². The Morgan fingerprint density at radius 2 is 1.82 bits per heavy atom. The van der Waals surface area contributed by atoms with Gasteiger partial charge < -0.3 is 4.90 Å². The van der Waals surface area contributed by atoms with Gasteiger partial charge in [-0.1, -0.05) is 42.1 Å². The van der Waals surface area contributed by atoms with Crippen LogP contribution in [0.2, 0.25) is 0 Å². The first-order valence-electron chi connectivity index (χ1n) is 8.48. The van der Waals surface area contributed by atoms with Gasteiger partial charge in [0.25, 0.3) is 5.91 Å². The average Bonchev–Trinajstić information content (AvgIpc) is 3.42. The number of benzene rings is 2. The van der Waals surface area contributed by atoms with Crippen LogP contribution in [0.15, 0.2) is 80.7 Å². The smallest absolute Gasteiger partial charge is 0.274 e. The van der Waals surface area contributed by atoms with Gasteiger partial charge in [-0.25, -0.2) is 5.10 Å². The molecular weight excluding hydrogens is 392 g/mol. The number of carbonyl (C=O) groups excluding carboxylic acids is 1. The number of aromatic nitrogens is 3. The van der Waals surface area contributed by atoms with E-state index in [9.17, 15) is 4.79 Å². The fourth-order valence-electron chi connectivity index (χ4n) is 3.03. The second-order valence-corrected chi connectivity index (χ2v) is 8.05. The van der Waals surface area contributed by atoms with E-state index in [1.165, 1.54) is 18.1 Å². The van der Waals surface area contributed by atoms with E-state index in [4.69, 9.17) is 0 Å². The normalized spacial score (nSPS) is 20.3. The van der Waals surface area contributed by atoms with Crippen LogP contribution in [0.5, 0.6) is 0 Å². The first-order chi connectivity index (χ1) is 13.7. The van der Waals surface area contributed by atoms with Crippen LogP contribution < -0.4 is 9.80 Å². The zero-order valence-corrected chi connectivity index (χ0v) is 16.4. The number of aromatic amines is 1. The van der Waals surface area contributed by atoms with Crippen LogP contribution in [-0.2, 0) is 4.79 Å². The van der Waals surface area contributed by atoms with Gasteiger partial charge in [0.2, 0.25) is 5.95 Å². The number of anilines is 2. The highest BCUT2D eigenvalue weighted by Crippen LogP contribution is 2.50. The number of rotatable bonds is 2. The van der Waals surface area contributed by atoms with E-state index in [-0.39, 0.29) is 5.91 Å². The maximum absolute atomic E-state index is 13.4. The lowest BCUT2D eigenvalue weighted by atomic mass is 10.3. The fourth-order valence-corrected chi connectivity index (χ4v) is 5.35. The molecule has 2 aliphatic rings. The highest BCUT2D eigenvalue weighted by molar-refractivity contribution is 8.20. The van der Waals surface area contributed by atoms with Gasteiger partial charge in [-0.2, -0.15) is 15.1 Å². The summed E-state index contributed by atoms with van der Waals surface area (Å²) in [4.78, 5) is 27.4. The topological polar surface area (TPSA) is 77.5 Å². The first-order valence-corrected chi connectivity index (χ1v) is 10.1. The summed E-state index contributed by atoms with van der Waals surface area (Å²) in [6, 6.07) is 17.6. The summed E-state index contributed by atoms with van der Waals surface area (Å²) in [5.41, 5.74) is 1.85. The third-order valence-electron chi connectivity index (χ3n) is 4.33. The van der Waals surface area contributed by atoms with Gasteiger partial charge in [0.05, 0.1) is 16.4 Å². The maximum Gasteiger partial charge on any atom is 0.274 e. The monoisotopic (exact) mass is 406 g/mol. The molecule has 5 rings (SSSR count). The van der Waals surface area contributed by atoms with Crippen molar-refractivity contribution in [3.63, 3.8) is 0 Å². The first kappa shape index (κ1) is 17.1. The molecule has 1 amide bonds. The van der Waals surface area contributed by atoms with Crippen LogP contribution in [0.4, 0.5) is 17.3 Å². The van der Waals surface area contributed by atoms with E-state index in [2.05, 4.69) is 37.2 Å². The van der Waals surface area contributed by atoms with Gasteiger partial charge in [0.1, 0.15) is 11.2 Å². The minimum atomic E-state index is -0.100. The number of fused-ring (bicyclic) bond motifs is 1. The van der Waals surface area contributed by atoms with Crippen LogP contribution in [0.3, 0.4) is 0 Å². The molecule has 1 aromatic heterocycles.